The van der Waals surface area contributed by atoms with Crippen LogP contribution in [0.15, 0.2) is 78.9 Å². The highest BCUT2D eigenvalue weighted by molar-refractivity contribution is 6.01. The predicted octanol–water partition coefficient (Wildman–Crippen LogP) is 7.67. The summed E-state index contributed by atoms with van der Waals surface area (Å²) in [6.07, 6.45) is 8.01. The van der Waals surface area contributed by atoms with Crippen molar-refractivity contribution < 1.29 is 19.0 Å². The summed E-state index contributed by atoms with van der Waals surface area (Å²) < 4.78 is 18.1. The molecule has 9 rings (SSSR count). The van der Waals surface area contributed by atoms with Gasteiger partial charge in [0.25, 0.3) is 0 Å². The quantitative estimate of drug-likeness (QED) is 0.134. The molecule has 0 amide bonds. The molecule has 250 valence electrons. The molecule has 4 saturated carbocycles. The van der Waals surface area contributed by atoms with E-state index in [1.165, 1.54) is 49.7 Å². The minimum absolute atomic E-state index is 0.163. The number of carbonyl (C=O) groups excluding carboxylic acids is 1. The van der Waals surface area contributed by atoms with Crippen molar-refractivity contribution in [3.05, 3.63) is 95.6 Å². The van der Waals surface area contributed by atoms with E-state index in [4.69, 9.17) is 14.2 Å². The van der Waals surface area contributed by atoms with Crippen LogP contribution in [0, 0.1) is 17.8 Å². The number of methoxy groups -OCH3 is 2. The molecule has 1 heterocycles. The summed E-state index contributed by atoms with van der Waals surface area (Å²) in [6.45, 7) is 4.29. The molecule has 1 N–H and O–H groups in total. The van der Waals surface area contributed by atoms with Gasteiger partial charge in [0.15, 0.2) is 5.78 Å². The van der Waals surface area contributed by atoms with Crippen molar-refractivity contribution in [1.82, 2.24) is 10.2 Å². The zero-order chi connectivity index (χ0) is 32.7. The lowest BCUT2D eigenvalue weighted by Gasteiger charge is -2.57. The first-order valence-electron chi connectivity index (χ1n) is 17.9. The third kappa shape index (κ3) is 5.93. The van der Waals surface area contributed by atoms with Gasteiger partial charge in [0.2, 0.25) is 0 Å². The molecular weight excluding hydrogens is 596 g/mol. The lowest BCUT2D eigenvalue weighted by molar-refractivity contribution is -0.00653. The number of Topliss-reactive ketones (excluding diaryl/α,β-unsaturated/α-hetero) is 1. The van der Waals surface area contributed by atoms with E-state index in [1.54, 1.807) is 14.2 Å². The first kappa shape index (κ1) is 31.6. The third-order valence-corrected chi connectivity index (χ3v) is 11.8. The van der Waals surface area contributed by atoms with Crippen LogP contribution >= 0.6 is 0 Å². The Kier molecular flexibility index (Phi) is 8.74. The van der Waals surface area contributed by atoms with Crippen LogP contribution in [-0.2, 0) is 16.7 Å². The molecule has 1 saturated heterocycles. The van der Waals surface area contributed by atoms with E-state index < -0.39 is 0 Å². The minimum atomic E-state index is -0.191. The number of fused-ring (bicyclic) bond motifs is 1. The molecule has 4 bridgehead atoms. The van der Waals surface area contributed by atoms with E-state index in [0.29, 0.717) is 19.8 Å². The van der Waals surface area contributed by atoms with Crippen molar-refractivity contribution >= 4 is 16.6 Å². The van der Waals surface area contributed by atoms with E-state index in [1.807, 2.05) is 18.2 Å². The largest absolute Gasteiger partial charge is 0.495 e. The summed E-state index contributed by atoms with van der Waals surface area (Å²) in [6, 6.07) is 27.4. The summed E-state index contributed by atoms with van der Waals surface area (Å²) in [4.78, 5) is 16.2. The van der Waals surface area contributed by atoms with Gasteiger partial charge in [-0.2, -0.15) is 0 Å². The van der Waals surface area contributed by atoms with Crippen LogP contribution in [0.1, 0.15) is 60.0 Å². The summed E-state index contributed by atoms with van der Waals surface area (Å²) in [5.41, 5.74) is 5.60. The van der Waals surface area contributed by atoms with Crippen LogP contribution in [0.5, 0.6) is 11.5 Å². The number of hydrogen-bond acceptors (Lipinski definition) is 6. The lowest BCUT2D eigenvalue weighted by Crippen LogP contribution is -2.54. The summed E-state index contributed by atoms with van der Waals surface area (Å²) >= 11 is 0. The van der Waals surface area contributed by atoms with Gasteiger partial charge >= 0.3 is 0 Å². The zero-order valence-corrected chi connectivity index (χ0v) is 28.4. The van der Waals surface area contributed by atoms with E-state index in [-0.39, 0.29) is 17.2 Å². The van der Waals surface area contributed by atoms with Crippen LogP contribution in [0.25, 0.3) is 21.9 Å². The number of piperazine rings is 1. The molecule has 4 aromatic rings. The fraction of sp³-hybridized carbons (Fsp3) is 0.452. The van der Waals surface area contributed by atoms with Crippen molar-refractivity contribution in [3.8, 4) is 22.6 Å². The summed E-state index contributed by atoms with van der Waals surface area (Å²) in [5.74, 6) is 4.56. The number of carbonyl (C=O) groups is 1. The normalized spacial score (nSPS) is 26.5. The molecule has 6 nitrogen and oxygen atoms in total. The standard InChI is InChI=1S/C42H48N2O4/c1-46-16-17-48-39-21-34-12-13-35(41(47-2)36(34)22-37(39)42-23-29-18-30(24-42)20-31(19-29)25-42)32-8-10-33(11-9-32)40(45)38-26-43-14-15-44(38)27-28-6-4-3-5-7-28/h3-13,21-22,29-31,38,43H,14-20,23-27H2,1-2H3. The van der Waals surface area contributed by atoms with Gasteiger partial charge in [-0.1, -0.05) is 66.7 Å². The van der Waals surface area contributed by atoms with Crippen molar-refractivity contribution in [1.29, 1.82) is 0 Å². The molecule has 5 aliphatic rings. The van der Waals surface area contributed by atoms with Crippen LogP contribution in [-0.4, -0.2) is 63.8 Å². The number of benzene rings is 4. The Morgan fingerprint density at radius 1 is 0.875 bits per heavy atom. The fourth-order valence-electron chi connectivity index (χ4n) is 10.00. The van der Waals surface area contributed by atoms with Gasteiger partial charge in [-0.05, 0) is 90.3 Å². The van der Waals surface area contributed by atoms with E-state index in [9.17, 15) is 4.79 Å². The minimum Gasteiger partial charge on any atom is -0.495 e. The van der Waals surface area contributed by atoms with Crippen molar-refractivity contribution in [3.63, 3.8) is 0 Å². The Morgan fingerprint density at radius 2 is 1.60 bits per heavy atom. The highest BCUT2D eigenvalue weighted by atomic mass is 16.5. The van der Waals surface area contributed by atoms with Crippen molar-refractivity contribution in [2.45, 2.75) is 56.5 Å². The second-order valence-corrected chi connectivity index (χ2v) is 14.9. The van der Waals surface area contributed by atoms with Crippen LogP contribution < -0.4 is 14.8 Å². The van der Waals surface area contributed by atoms with Gasteiger partial charge in [-0.3, -0.25) is 9.69 Å². The highest BCUT2D eigenvalue weighted by Crippen LogP contribution is 2.62. The lowest BCUT2D eigenvalue weighted by atomic mass is 9.48. The molecule has 1 unspecified atom stereocenters. The van der Waals surface area contributed by atoms with Gasteiger partial charge in [0.05, 0.1) is 19.8 Å². The van der Waals surface area contributed by atoms with E-state index in [0.717, 1.165) is 76.3 Å². The summed E-state index contributed by atoms with van der Waals surface area (Å²) in [5, 5.41) is 5.69. The van der Waals surface area contributed by atoms with Crippen molar-refractivity contribution in [2.24, 2.45) is 17.8 Å². The molecule has 1 atom stereocenters. The Morgan fingerprint density at radius 3 is 2.29 bits per heavy atom. The number of hydrogen-bond donors (Lipinski definition) is 1. The Bertz CT molecular complexity index is 1730. The molecule has 0 spiro atoms. The first-order chi connectivity index (χ1) is 23.5. The SMILES string of the molecule is COCCOc1cc2ccc(-c3ccc(C(=O)C4CNCCN4Cc4ccccc4)cc3)c(OC)c2cc1C12CC3CC(CC(C3)C1)C2. The fourth-order valence-corrected chi connectivity index (χ4v) is 10.00. The average Bonchev–Trinajstić information content (AvgIpc) is 3.11. The van der Waals surface area contributed by atoms with Gasteiger partial charge in [0, 0.05) is 55.4 Å². The number of ketones is 1. The van der Waals surface area contributed by atoms with E-state index >= 15 is 0 Å². The second kappa shape index (κ2) is 13.3. The van der Waals surface area contributed by atoms with Crippen LogP contribution in [0.3, 0.4) is 0 Å². The number of ether oxygens (including phenoxy) is 3. The van der Waals surface area contributed by atoms with Crippen LogP contribution in [0.4, 0.5) is 0 Å². The van der Waals surface area contributed by atoms with Gasteiger partial charge in [-0.25, -0.2) is 0 Å². The predicted molar refractivity (Wildman–Crippen MR) is 191 cm³/mol. The number of nitrogens with one attached hydrogen (secondary N) is 1. The van der Waals surface area contributed by atoms with Gasteiger partial charge < -0.3 is 19.5 Å². The maximum atomic E-state index is 13.8. The molecule has 4 aromatic carbocycles. The average molecular weight is 645 g/mol. The summed E-state index contributed by atoms with van der Waals surface area (Å²) in [7, 11) is 3.51. The topological polar surface area (TPSA) is 60.0 Å². The van der Waals surface area contributed by atoms with Crippen molar-refractivity contribution in [2.75, 3.05) is 47.1 Å². The second-order valence-electron chi connectivity index (χ2n) is 14.9. The van der Waals surface area contributed by atoms with E-state index in [2.05, 4.69) is 70.9 Å². The first-order valence-corrected chi connectivity index (χ1v) is 17.9. The Hall–Kier alpha value is -3.71. The number of rotatable bonds is 11. The molecule has 0 radical (unpaired) electrons. The molecule has 5 fully saturated rings. The maximum absolute atomic E-state index is 13.8. The zero-order valence-electron chi connectivity index (χ0n) is 28.4. The maximum Gasteiger partial charge on any atom is 0.181 e. The Labute approximate surface area is 284 Å². The molecule has 1 aliphatic heterocycles. The highest BCUT2D eigenvalue weighted by Gasteiger charge is 2.52. The smallest absolute Gasteiger partial charge is 0.181 e. The third-order valence-electron chi connectivity index (χ3n) is 11.8. The molecule has 48 heavy (non-hydrogen) atoms. The number of nitrogens with zero attached hydrogens (tertiary/aromatic N) is 1. The molecule has 4 aliphatic carbocycles. The Balaban J connectivity index is 1.11. The molecular formula is C42H48N2O4. The molecule has 6 heteroatoms. The van der Waals surface area contributed by atoms with Gasteiger partial charge in [-0.15, -0.1) is 0 Å². The van der Waals surface area contributed by atoms with Gasteiger partial charge in [0.1, 0.15) is 18.1 Å². The van der Waals surface area contributed by atoms with Crippen LogP contribution in [0.2, 0.25) is 0 Å². The molecule has 0 aromatic heterocycles. The monoisotopic (exact) mass is 644 g/mol.